The Labute approximate surface area is 70.0 Å². The summed E-state index contributed by atoms with van der Waals surface area (Å²) >= 11 is 0. The molecule has 0 heteroatoms. The summed E-state index contributed by atoms with van der Waals surface area (Å²) in [6, 6.07) is 0. The van der Waals surface area contributed by atoms with Crippen molar-refractivity contribution in [3.8, 4) is 0 Å². The molecule has 0 nitrogen and oxygen atoms in total. The largest absolute Gasteiger partial charge is 0.0811 e. The van der Waals surface area contributed by atoms with Gasteiger partial charge in [-0.3, -0.25) is 0 Å². The summed E-state index contributed by atoms with van der Waals surface area (Å²) in [5, 5.41) is 0. The van der Waals surface area contributed by atoms with Crippen molar-refractivity contribution >= 4 is 0 Å². The minimum atomic E-state index is 0.330. The second-order valence-electron chi connectivity index (χ2n) is 4.48. The summed E-state index contributed by atoms with van der Waals surface area (Å²) in [5.74, 6) is 0.737. The zero-order chi connectivity index (χ0) is 8.48. The average molecular weight is 150 g/mol. The molecule has 0 aromatic rings. The van der Waals surface area contributed by atoms with Crippen molar-refractivity contribution in [3.63, 3.8) is 0 Å². The monoisotopic (exact) mass is 150 g/mol. The van der Waals surface area contributed by atoms with Crippen molar-refractivity contribution in [1.29, 1.82) is 0 Å². The van der Waals surface area contributed by atoms with Gasteiger partial charge in [-0.25, -0.2) is 0 Å². The summed E-state index contributed by atoms with van der Waals surface area (Å²) < 4.78 is 0. The molecular weight excluding hydrogens is 132 g/mol. The lowest BCUT2D eigenvalue weighted by Gasteiger charge is -2.23. The Morgan fingerprint density at radius 1 is 1.36 bits per heavy atom. The topological polar surface area (TPSA) is 0 Å². The van der Waals surface area contributed by atoms with Gasteiger partial charge < -0.3 is 0 Å². The second-order valence-corrected chi connectivity index (χ2v) is 4.48. The van der Waals surface area contributed by atoms with Gasteiger partial charge in [0.05, 0.1) is 0 Å². The number of hydrogen-bond donors (Lipinski definition) is 0. The van der Waals surface area contributed by atoms with Crippen LogP contribution in [0.25, 0.3) is 0 Å². The maximum atomic E-state index is 2.37. The Hall–Kier alpha value is -0.520. The molecule has 0 amide bonds. The summed E-state index contributed by atoms with van der Waals surface area (Å²) in [5.41, 5.74) is 1.81. The molecule has 0 aliphatic heterocycles. The van der Waals surface area contributed by atoms with E-state index in [1.165, 1.54) is 12.0 Å². The fourth-order valence-corrected chi connectivity index (χ4v) is 1.28. The van der Waals surface area contributed by atoms with Gasteiger partial charge in [-0.15, -0.1) is 0 Å². The van der Waals surface area contributed by atoms with Crippen molar-refractivity contribution in [2.24, 2.45) is 11.3 Å². The molecule has 0 unspecified atom stereocenters. The van der Waals surface area contributed by atoms with Gasteiger partial charge in [0, 0.05) is 0 Å². The molecule has 0 spiro atoms. The van der Waals surface area contributed by atoms with E-state index in [1.807, 2.05) is 0 Å². The van der Waals surface area contributed by atoms with E-state index in [-0.39, 0.29) is 0 Å². The molecule has 0 bridgehead atoms. The van der Waals surface area contributed by atoms with Crippen LogP contribution >= 0.6 is 0 Å². The molecule has 1 atom stereocenters. The van der Waals surface area contributed by atoms with E-state index in [1.54, 1.807) is 0 Å². The molecule has 0 fully saturated rings. The van der Waals surface area contributed by atoms with Gasteiger partial charge in [-0.05, 0) is 23.3 Å². The van der Waals surface area contributed by atoms with E-state index in [2.05, 4.69) is 45.9 Å². The minimum Gasteiger partial charge on any atom is -0.0811 e. The van der Waals surface area contributed by atoms with Gasteiger partial charge in [-0.2, -0.15) is 0 Å². The molecule has 1 aliphatic rings. The molecule has 0 aromatic carbocycles. The molecule has 1 rings (SSSR count). The Morgan fingerprint density at radius 3 is 2.36 bits per heavy atom. The third-order valence-corrected chi connectivity index (χ3v) is 2.18. The first kappa shape index (κ1) is 8.58. The van der Waals surface area contributed by atoms with Crippen molar-refractivity contribution < 1.29 is 0 Å². The van der Waals surface area contributed by atoms with E-state index in [9.17, 15) is 0 Å². The summed E-state index contributed by atoms with van der Waals surface area (Å²) in [7, 11) is 0. The van der Waals surface area contributed by atoms with Crippen LogP contribution in [0.2, 0.25) is 0 Å². The third kappa shape index (κ3) is 2.21. The van der Waals surface area contributed by atoms with E-state index in [0.717, 1.165) is 5.92 Å². The molecule has 62 valence electrons. The van der Waals surface area contributed by atoms with Crippen LogP contribution in [0.1, 0.15) is 34.1 Å². The van der Waals surface area contributed by atoms with E-state index in [0.29, 0.717) is 5.41 Å². The van der Waals surface area contributed by atoms with Crippen molar-refractivity contribution in [3.05, 3.63) is 23.8 Å². The molecule has 0 radical (unpaired) electrons. The lowest BCUT2D eigenvalue weighted by molar-refractivity contribution is 0.507. The van der Waals surface area contributed by atoms with Crippen LogP contribution in [0.5, 0.6) is 0 Å². The van der Waals surface area contributed by atoms with E-state index in [4.69, 9.17) is 0 Å². The molecule has 0 N–H and O–H groups in total. The fourth-order valence-electron chi connectivity index (χ4n) is 1.28. The first-order valence-electron chi connectivity index (χ1n) is 4.39. The van der Waals surface area contributed by atoms with Gasteiger partial charge in [-0.1, -0.05) is 45.9 Å². The fraction of sp³-hybridized carbons (Fsp3) is 0.636. The quantitative estimate of drug-likeness (QED) is 0.495. The molecule has 1 aliphatic carbocycles. The van der Waals surface area contributed by atoms with Crippen LogP contribution < -0.4 is 0 Å². The molecule has 0 saturated heterocycles. The standard InChI is InChI=1S/C11H18/c1-9-5-7-10(8-6-9)11(2,3)4/h5,7-9H,6H2,1-4H3/t9-/m1/s1. The first-order chi connectivity index (χ1) is 5.00. The maximum Gasteiger partial charge on any atom is -0.0135 e. The lowest BCUT2D eigenvalue weighted by atomic mass is 9.82. The minimum absolute atomic E-state index is 0.330. The van der Waals surface area contributed by atoms with Gasteiger partial charge in [0.1, 0.15) is 0 Å². The Bertz CT molecular complexity index is 189. The number of hydrogen-bond acceptors (Lipinski definition) is 0. The SMILES string of the molecule is C[C@@H]1C=CC(C(C)(C)C)=CC1. The Kier molecular flexibility index (Phi) is 2.22. The highest BCUT2D eigenvalue weighted by molar-refractivity contribution is 5.28. The van der Waals surface area contributed by atoms with Crippen molar-refractivity contribution in [2.75, 3.05) is 0 Å². The summed E-state index contributed by atoms with van der Waals surface area (Å²) in [6.07, 6.45) is 8.16. The van der Waals surface area contributed by atoms with Gasteiger partial charge in [0.15, 0.2) is 0 Å². The summed E-state index contributed by atoms with van der Waals surface area (Å²) in [4.78, 5) is 0. The maximum absolute atomic E-state index is 2.37. The lowest BCUT2D eigenvalue weighted by Crippen LogP contribution is -2.10. The summed E-state index contributed by atoms with van der Waals surface area (Å²) in [6.45, 7) is 9.05. The Balaban J connectivity index is 2.71. The van der Waals surface area contributed by atoms with Gasteiger partial charge >= 0.3 is 0 Å². The van der Waals surface area contributed by atoms with Gasteiger partial charge in [0.2, 0.25) is 0 Å². The van der Waals surface area contributed by atoms with Crippen LogP contribution in [0, 0.1) is 11.3 Å². The normalized spacial score (nSPS) is 25.1. The second kappa shape index (κ2) is 2.84. The first-order valence-corrected chi connectivity index (χ1v) is 4.39. The smallest absolute Gasteiger partial charge is 0.0135 e. The van der Waals surface area contributed by atoms with Crippen molar-refractivity contribution in [1.82, 2.24) is 0 Å². The molecule has 0 heterocycles. The molecule has 0 saturated carbocycles. The van der Waals surface area contributed by atoms with Gasteiger partial charge in [0.25, 0.3) is 0 Å². The number of rotatable bonds is 0. The van der Waals surface area contributed by atoms with E-state index >= 15 is 0 Å². The predicted molar refractivity (Wildman–Crippen MR) is 50.5 cm³/mol. The highest BCUT2D eigenvalue weighted by Crippen LogP contribution is 2.30. The molecule has 0 aromatic heterocycles. The van der Waals surface area contributed by atoms with Crippen LogP contribution in [0.15, 0.2) is 23.8 Å². The number of allylic oxidation sites excluding steroid dienone is 4. The highest BCUT2D eigenvalue weighted by atomic mass is 14.2. The van der Waals surface area contributed by atoms with Crippen LogP contribution in [-0.2, 0) is 0 Å². The third-order valence-electron chi connectivity index (χ3n) is 2.18. The zero-order valence-corrected chi connectivity index (χ0v) is 8.02. The molecular formula is C11H18. The zero-order valence-electron chi connectivity index (χ0n) is 8.02. The van der Waals surface area contributed by atoms with E-state index < -0.39 is 0 Å². The van der Waals surface area contributed by atoms with Crippen LogP contribution in [0.3, 0.4) is 0 Å². The highest BCUT2D eigenvalue weighted by Gasteiger charge is 2.16. The van der Waals surface area contributed by atoms with Crippen LogP contribution in [-0.4, -0.2) is 0 Å². The Morgan fingerprint density at radius 2 is 2.00 bits per heavy atom. The predicted octanol–water partition coefficient (Wildman–Crippen LogP) is 3.55. The van der Waals surface area contributed by atoms with Crippen LogP contribution in [0.4, 0.5) is 0 Å². The average Bonchev–Trinajstić information content (AvgIpc) is 1.86. The van der Waals surface area contributed by atoms with Crippen molar-refractivity contribution in [2.45, 2.75) is 34.1 Å². The molecule has 11 heavy (non-hydrogen) atoms.